The first kappa shape index (κ1) is 15.3. The van der Waals surface area contributed by atoms with Crippen molar-refractivity contribution < 1.29 is 0 Å². The average molecular weight is 336 g/mol. The molecule has 0 spiro atoms. The lowest BCUT2D eigenvalue weighted by Crippen LogP contribution is -2.19. The summed E-state index contributed by atoms with van der Waals surface area (Å²) in [5.41, 5.74) is 3.53. The Kier molecular flexibility index (Phi) is 5.38. The van der Waals surface area contributed by atoms with E-state index in [4.69, 9.17) is 0 Å². The van der Waals surface area contributed by atoms with Crippen molar-refractivity contribution in [3.63, 3.8) is 0 Å². The fraction of sp³-hybridized carbons (Fsp3) is 0.438. The molecule has 0 saturated heterocycles. The molecule has 1 aromatic carbocycles. The molecule has 0 fully saturated rings. The predicted molar refractivity (Wildman–Crippen MR) is 87.2 cm³/mol. The third-order valence-corrected chi connectivity index (χ3v) is 3.67. The summed E-state index contributed by atoms with van der Waals surface area (Å²) >= 11 is 3.52. The molecule has 0 radical (unpaired) electrons. The van der Waals surface area contributed by atoms with Crippen molar-refractivity contribution in [1.82, 2.24) is 15.1 Å². The first-order valence-corrected chi connectivity index (χ1v) is 7.93. The highest BCUT2D eigenvalue weighted by Crippen LogP contribution is 2.20. The van der Waals surface area contributed by atoms with Crippen LogP contribution >= 0.6 is 15.9 Å². The Balaban J connectivity index is 2.12. The number of hydrogen-bond donors (Lipinski definition) is 1. The van der Waals surface area contributed by atoms with Crippen LogP contribution in [-0.2, 0) is 13.0 Å². The maximum atomic E-state index is 4.65. The molecule has 1 N–H and O–H groups in total. The van der Waals surface area contributed by atoms with Crippen LogP contribution in [0.5, 0.6) is 0 Å². The van der Waals surface area contributed by atoms with Gasteiger partial charge in [-0.2, -0.15) is 5.10 Å². The predicted octanol–water partition coefficient (Wildman–Crippen LogP) is 3.94. The molecule has 0 aliphatic rings. The smallest absolute Gasteiger partial charge is 0.0766 e. The standard InChI is InChI=1S/C16H22BrN3/c1-4-13-9-14(17)5-6-16(13)20-8-7-15(19-20)11-18-10-12(2)3/h5-9,12,18H,4,10-11H2,1-3H3. The normalized spacial score (nSPS) is 11.2. The Morgan fingerprint density at radius 1 is 1.30 bits per heavy atom. The van der Waals surface area contributed by atoms with Crippen LogP contribution in [0, 0.1) is 5.92 Å². The molecule has 0 unspecified atom stereocenters. The number of aryl methyl sites for hydroxylation is 1. The largest absolute Gasteiger partial charge is 0.311 e. The second kappa shape index (κ2) is 7.04. The zero-order valence-electron chi connectivity index (χ0n) is 12.4. The van der Waals surface area contributed by atoms with Gasteiger partial charge in [-0.15, -0.1) is 0 Å². The highest BCUT2D eigenvalue weighted by Gasteiger charge is 2.06. The van der Waals surface area contributed by atoms with Crippen molar-refractivity contribution in [2.24, 2.45) is 5.92 Å². The molecular formula is C16H22BrN3. The van der Waals surface area contributed by atoms with E-state index in [0.29, 0.717) is 5.92 Å². The fourth-order valence-electron chi connectivity index (χ4n) is 2.14. The van der Waals surface area contributed by atoms with E-state index in [1.54, 1.807) is 0 Å². The van der Waals surface area contributed by atoms with Gasteiger partial charge in [-0.1, -0.05) is 36.7 Å². The number of nitrogens with zero attached hydrogens (tertiary/aromatic N) is 2. The van der Waals surface area contributed by atoms with Gasteiger partial charge in [0.25, 0.3) is 0 Å². The summed E-state index contributed by atoms with van der Waals surface area (Å²) in [5.74, 6) is 0.662. The second-order valence-electron chi connectivity index (χ2n) is 5.40. The van der Waals surface area contributed by atoms with Gasteiger partial charge in [0.1, 0.15) is 0 Å². The SMILES string of the molecule is CCc1cc(Br)ccc1-n1ccc(CNCC(C)C)n1. The van der Waals surface area contributed by atoms with Gasteiger partial charge in [-0.05, 0) is 48.7 Å². The molecule has 0 atom stereocenters. The van der Waals surface area contributed by atoms with E-state index in [2.05, 4.69) is 71.4 Å². The first-order valence-electron chi connectivity index (χ1n) is 7.14. The number of hydrogen-bond acceptors (Lipinski definition) is 2. The molecule has 0 bridgehead atoms. The average Bonchev–Trinajstić information content (AvgIpc) is 2.86. The van der Waals surface area contributed by atoms with Crippen molar-refractivity contribution in [1.29, 1.82) is 0 Å². The monoisotopic (exact) mass is 335 g/mol. The summed E-state index contributed by atoms with van der Waals surface area (Å²) < 4.78 is 3.08. The molecule has 1 aromatic heterocycles. The van der Waals surface area contributed by atoms with E-state index in [-0.39, 0.29) is 0 Å². The maximum absolute atomic E-state index is 4.65. The van der Waals surface area contributed by atoms with Crippen LogP contribution in [0.15, 0.2) is 34.9 Å². The van der Waals surface area contributed by atoms with Crippen molar-refractivity contribution in [2.75, 3.05) is 6.54 Å². The maximum Gasteiger partial charge on any atom is 0.0766 e. The van der Waals surface area contributed by atoms with Crippen LogP contribution in [0.4, 0.5) is 0 Å². The molecule has 0 aliphatic heterocycles. The quantitative estimate of drug-likeness (QED) is 0.866. The lowest BCUT2D eigenvalue weighted by molar-refractivity contribution is 0.546. The summed E-state index contributed by atoms with van der Waals surface area (Å²) in [6.07, 6.45) is 3.03. The third kappa shape index (κ3) is 3.93. The minimum atomic E-state index is 0.662. The van der Waals surface area contributed by atoms with Gasteiger partial charge in [-0.25, -0.2) is 4.68 Å². The van der Waals surface area contributed by atoms with Crippen molar-refractivity contribution >= 4 is 15.9 Å². The van der Waals surface area contributed by atoms with Crippen LogP contribution in [-0.4, -0.2) is 16.3 Å². The number of halogens is 1. The van der Waals surface area contributed by atoms with Crippen molar-refractivity contribution in [3.05, 3.63) is 46.2 Å². The zero-order valence-corrected chi connectivity index (χ0v) is 13.9. The summed E-state index contributed by atoms with van der Waals surface area (Å²) in [7, 11) is 0. The minimum absolute atomic E-state index is 0.662. The van der Waals surface area contributed by atoms with Gasteiger partial charge < -0.3 is 5.32 Å². The molecular weight excluding hydrogens is 314 g/mol. The van der Waals surface area contributed by atoms with E-state index in [9.17, 15) is 0 Å². The van der Waals surface area contributed by atoms with Gasteiger partial charge >= 0.3 is 0 Å². The molecule has 2 aromatic rings. The minimum Gasteiger partial charge on any atom is -0.311 e. The topological polar surface area (TPSA) is 29.9 Å². The molecule has 20 heavy (non-hydrogen) atoms. The van der Waals surface area contributed by atoms with Gasteiger partial charge in [0.2, 0.25) is 0 Å². The molecule has 0 aliphatic carbocycles. The Labute approximate surface area is 129 Å². The number of nitrogens with one attached hydrogen (secondary N) is 1. The molecule has 4 heteroatoms. The van der Waals surface area contributed by atoms with Crippen LogP contribution in [0.25, 0.3) is 5.69 Å². The molecule has 0 saturated carbocycles. The summed E-state index contributed by atoms with van der Waals surface area (Å²) in [4.78, 5) is 0. The Morgan fingerprint density at radius 3 is 2.80 bits per heavy atom. The van der Waals surface area contributed by atoms with E-state index in [1.807, 2.05) is 10.9 Å². The van der Waals surface area contributed by atoms with E-state index in [0.717, 1.165) is 35.4 Å². The number of rotatable bonds is 6. The third-order valence-electron chi connectivity index (χ3n) is 3.17. The summed E-state index contributed by atoms with van der Waals surface area (Å²) in [6.45, 7) is 8.43. The van der Waals surface area contributed by atoms with Crippen LogP contribution < -0.4 is 5.32 Å². The lowest BCUT2D eigenvalue weighted by Gasteiger charge is -2.09. The van der Waals surface area contributed by atoms with Crippen LogP contribution in [0.2, 0.25) is 0 Å². The molecule has 0 amide bonds. The van der Waals surface area contributed by atoms with Crippen LogP contribution in [0.1, 0.15) is 32.0 Å². The highest BCUT2D eigenvalue weighted by molar-refractivity contribution is 9.10. The molecule has 108 valence electrons. The van der Waals surface area contributed by atoms with Gasteiger partial charge in [0.05, 0.1) is 11.4 Å². The van der Waals surface area contributed by atoms with E-state index < -0.39 is 0 Å². The van der Waals surface area contributed by atoms with Crippen molar-refractivity contribution in [2.45, 2.75) is 33.7 Å². The van der Waals surface area contributed by atoms with E-state index >= 15 is 0 Å². The number of aromatic nitrogens is 2. The van der Waals surface area contributed by atoms with Gasteiger partial charge in [0.15, 0.2) is 0 Å². The summed E-state index contributed by atoms with van der Waals surface area (Å²) in [5, 5.41) is 8.07. The first-order chi connectivity index (χ1) is 9.60. The van der Waals surface area contributed by atoms with E-state index in [1.165, 1.54) is 5.56 Å². The summed E-state index contributed by atoms with van der Waals surface area (Å²) in [6, 6.07) is 8.41. The second-order valence-corrected chi connectivity index (χ2v) is 6.32. The van der Waals surface area contributed by atoms with Gasteiger partial charge in [0, 0.05) is 17.2 Å². The Bertz CT molecular complexity index is 561. The Hall–Kier alpha value is -1.13. The van der Waals surface area contributed by atoms with Gasteiger partial charge in [-0.3, -0.25) is 0 Å². The number of benzene rings is 1. The highest BCUT2D eigenvalue weighted by atomic mass is 79.9. The van der Waals surface area contributed by atoms with Crippen LogP contribution in [0.3, 0.4) is 0 Å². The Morgan fingerprint density at radius 2 is 2.10 bits per heavy atom. The fourth-order valence-corrected chi connectivity index (χ4v) is 2.55. The molecule has 3 nitrogen and oxygen atoms in total. The zero-order chi connectivity index (χ0) is 14.5. The van der Waals surface area contributed by atoms with Crippen molar-refractivity contribution in [3.8, 4) is 5.69 Å². The lowest BCUT2D eigenvalue weighted by atomic mass is 10.1. The molecule has 1 heterocycles. The molecule has 2 rings (SSSR count).